The number of aliphatic hydroxyl groups excluding tert-OH is 2. The zero-order chi connectivity index (χ0) is 16.9. The van der Waals surface area contributed by atoms with Crippen molar-refractivity contribution in [2.45, 2.75) is 64.7 Å². The second kappa shape index (κ2) is 22.4. The molecule has 0 aromatic carbocycles. The lowest BCUT2D eigenvalue weighted by molar-refractivity contribution is -0.131. The lowest BCUT2D eigenvalue weighted by Crippen LogP contribution is -2.21. The molecule has 0 saturated carbocycles. The van der Waals surface area contributed by atoms with Crippen molar-refractivity contribution in [1.82, 2.24) is 5.32 Å². The topological polar surface area (TPSA) is 89.8 Å². The molecule has 0 aliphatic carbocycles. The maximum absolute atomic E-state index is 10.1. The van der Waals surface area contributed by atoms with Gasteiger partial charge in [0.05, 0.1) is 13.2 Å². The van der Waals surface area contributed by atoms with E-state index in [1.165, 1.54) is 51.0 Å². The van der Waals surface area contributed by atoms with E-state index in [1.54, 1.807) is 6.08 Å². The molecule has 22 heavy (non-hydrogen) atoms. The zero-order valence-electron chi connectivity index (χ0n) is 14.1. The van der Waals surface area contributed by atoms with Crippen LogP contribution in [0, 0.1) is 0 Å². The molecule has 0 rings (SSSR count). The van der Waals surface area contributed by atoms with Crippen molar-refractivity contribution in [3.63, 3.8) is 0 Å². The van der Waals surface area contributed by atoms with Crippen molar-refractivity contribution in [2.24, 2.45) is 0 Å². The van der Waals surface area contributed by atoms with E-state index < -0.39 is 5.97 Å². The molecule has 0 amide bonds. The summed E-state index contributed by atoms with van der Waals surface area (Å²) in [6.45, 7) is 3.65. The van der Waals surface area contributed by atoms with E-state index in [0.29, 0.717) is 13.1 Å². The molecule has 0 unspecified atom stereocenters. The van der Waals surface area contributed by atoms with Gasteiger partial charge in [-0.1, -0.05) is 57.9 Å². The fourth-order valence-corrected chi connectivity index (χ4v) is 1.86. The minimum Gasteiger partial charge on any atom is -0.478 e. The van der Waals surface area contributed by atoms with Crippen LogP contribution in [-0.2, 0) is 4.79 Å². The van der Waals surface area contributed by atoms with Gasteiger partial charge in [-0.05, 0) is 12.8 Å². The SMILES string of the molecule is CCCCCCCCCCC=CC(=O)O.OCCNCCO. The Morgan fingerprint density at radius 2 is 1.41 bits per heavy atom. The molecule has 0 bridgehead atoms. The Balaban J connectivity index is 0. The number of hydrogen-bond donors (Lipinski definition) is 4. The molecule has 5 nitrogen and oxygen atoms in total. The number of allylic oxidation sites excluding steroid dienone is 1. The summed E-state index contributed by atoms with van der Waals surface area (Å²) in [4.78, 5) is 10.1. The van der Waals surface area contributed by atoms with E-state index in [4.69, 9.17) is 15.3 Å². The largest absolute Gasteiger partial charge is 0.478 e. The monoisotopic (exact) mass is 317 g/mol. The zero-order valence-corrected chi connectivity index (χ0v) is 14.1. The Kier molecular flexibility index (Phi) is 23.8. The Morgan fingerprint density at radius 1 is 0.909 bits per heavy atom. The van der Waals surface area contributed by atoms with Crippen molar-refractivity contribution >= 4 is 5.97 Å². The highest BCUT2D eigenvalue weighted by Crippen LogP contribution is 2.09. The number of carboxylic acid groups (broad SMARTS) is 1. The predicted octanol–water partition coefficient (Wildman–Crippen LogP) is 2.72. The highest BCUT2D eigenvalue weighted by atomic mass is 16.4. The third-order valence-electron chi connectivity index (χ3n) is 3.06. The molecule has 132 valence electrons. The molecule has 0 spiro atoms. The molecule has 5 heteroatoms. The van der Waals surface area contributed by atoms with Gasteiger partial charge in [-0.25, -0.2) is 4.79 Å². The molecule has 0 heterocycles. The first kappa shape index (κ1) is 23.4. The Morgan fingerprint density at radius 3 is 1.86 bits per heavy atom. The highest BCUT2D eigenvalue weighted by molar-refractivity contribution is 5.79. The number of aliphatic hydroxyl groups is 2. The highest BCUT2D eigenvalue weighted by Gasteiger charge is 1.90. The van der Waals surface area contributed by atoms with Gasteiger partial charge in [0.1, 0.15) is 0 Å². The molecule has 0 saturated heterocycles. The van der Waals surface area contributed by atoms with Gasteiger partial charge in [0.25, 0.3) is 0 Å². The molecule has 0 aromatic rings. The summed E-state index contributed by atoms with van der Waals surface area (Å²) >= 11 is 0. The Bertz CT molecular complexity index is 241. The number of rotatable bonds is 14. The van der Waals surface area contributed by atoms with Crippen LogP contribution >= 0.6 is 0 Å². The number of unbranched alkanes of at least 4 members (excludes halogenated alkanes) is 8. The van der Waals surface area contributed by atoms with Crippen LogP contribution in [0.3, 0.4) is 0 Å². The average molecular weight is 317 g/mol. The second-order valence-corrected chi connectivity index (χ2v) is 5.20. The summed E-state index contributed by atoms with van der Waals surface area (Å²) in [6, 6.07) is 0. The standard InChI is InChI=1S/C13H24O2.C4H11NO2/c1-2-3-4-5-6-7-8-9-10-11-12-13(14)15;6-3-1-5-2-4-7/h11-12H,2-10H2,1H3,(H,14,15);5-7H,1-4H2. The van der Waals surface area contributed by atoms with Crippen LogP contribution in [0.1, 0.15) is 64.7 Å². The minimum atomic E-state index is -0.838. The summed E-state index contributed by atoms with van der Waals surface area (Å²) in [5, 5.41) is 27.4. The van der Waals surface area contributed by atoms with Crippen molar-refractivity contribution < 1.29 is 20.1 Å². The summed E-state index contributed by atoms with van der Waals surface area (Å²) in [5.41, 5.74) is 0. The van der Waals surface area contributed by atoms with Crippen molar-refractivity contribution in [2.75, 3.05) is 26.3 Å². The second-order valence-electron chi connectivity index (χ2n) is 5.20. The Hall–Kier alpha value is -0.910. The normalized spacial score (nSPS) is 10.5. The summed E-state index contributed by atoms with van der Waals surface area (Å²) in [7, 11) is 0. The van der Waals surface area contributed by atoms with E-state index in [1.807, 2.05) is 0 Å². The van der Waals surface area contributed by atoms with Crippen LogP contribution in [0.5, 0.6) is 0 Å². The van der Waals surface area contributed by atoms with Crippen LogP contribution in [0.2, 0.25) is 0 Å². The fourth-order valence-electron chi connectivity index (χ4n) is 1.86. The first-order valence-electron chi connectivity index (χ1n) is 8.50. The van der Waals surface area contributed by atoms with Crippen LogP contribution in [-0.4, -0.2) is 47.6 Å². The van der Waals surface area contributed by atoms with Gasteiger partial charge in [-0.2, -0.15) is 0 Å². The van der Waals surface area contributed by atoms with Gasteiger partial charge >= 0.3 is 5.97 Å². The lowest BCUT2D eigenvalue weighted by atomic mass is 10.1. The lowest BCUT2D eigenvalue weighted by Gasteiger charge is -1.99. The van der Waals surface area contributed by atoms with E-state index >= 15 is 0 Å². The van der Waals surface area contributed by atoms with Crippen LogP contribution in [0.4, 0.5) is 0 Å². The molecule has 0 fully saturated rings. The third kappa shape index (κ3) is 27.4. The van der Waals surface area contributed by atoms with Crippen molar-refractivity contribution in [1.29, 1.82) is 0 Å². The van der Waals surface area contributed by atoms with E-state index in [9.17, 15) is 4.79 Å². The molecule has 0 aliphatic heterocycles. The maximum Gasteiger partial charge on any atom is 0.327 e. The molecule has 4 N–H and O–H groups in total. The molecular weight excluding hydrogens is 282 g/mol. The molecule has 0 atom stereocenters. The van der Waals surface area contributed by atoms with Gasteiger partial charge in [-0.15, -0.1) is 0 Å². The smallest absolute Gasteiger partial charge is 0.327 e. The number of aliphatic carboxylic acids is 1. The summed E-state index contributed by atoms with van der Waals surface area (Å²) in [6.07, 6.45) is 14.3. The average Bonchev–Trinajstić information content (AvgIpc) is 2.50. The van der Waals surface area contributed by atoms with Gasteiger partial charge in [0, 0.05) is 19.2 Å². The van der Waals surface area contributed by atoms with E-state index in [2.05, 4.69) is 12.2 Å². The molecule has 0 radical (unpaired) electrons. The first-order chi connectivity index (χ1) is 10.7. The van der Waals surface area contributed by atoms with Crippen LogP contribution < -0.4 is 5.32 Å². The number of carbonyl (C=O) groups is 1. The number of carboxylic acids is 1. The van der Waals surface area contributed by atoms with Gasteiger partial charge in [0.2, 0.25) is 0 Å². The van der Waals surface area contributed by atoms with Crippen LogP contribution in [0.25, 0.3) is 0 Å². The van der Waals surface area contributed by atoms with Crippen molar-refractivity contribution in [3.8, 4) is 0 Å². The van der Waals surface area contributed by atoms with E-state index in [-0.39, 0.29) is 13.2 Å². The van der Waals surface area contributed by atoms with Gasteiger partial charge < -0.3 is 20.6 Å². The maximum atomic E-state index is 10.1. The first-order valence-corrected chi connectivity index (χ1v) is 8.50. The molecule has 0 aliphatic rings. The van der Waals surface area contributed by atoms with Crippen LogP contribution in [0.15, 0.2) is 12.2 Å². The summed E-state index contributed by atoms with van der Waals surface area (Å²) < 4.78 is 0. The minimum absolute atomic E-state index is 0.139. The Labute approximate surface area is 135 Å². The fraction of sp³-hybridized carbons (Fsp3) is 0.824. The number of nitrogens with one attached hydrogen (secondary N) is 1. The number of hydrogen-bond acceptors (Lipinski definition) is 4. The van der Waals surface area contributed by atoms with Gasteiger partial charge in [0.15, 0.2) is 0 Å². The third-order valence-corrected chi connectivity index (χ3v) is 3.06. The van der Waals surface area contributed by atoms with E-state index in [0.717, 1.165) is 12.8 Å². The quantitative estimate of drug-likeness (QED) is 0.292. The molecular formula is C17H35NO4. The predicted molar refractivity (Wildman–Crippen MR) is 91.0 cm³/mol. The van der Waals surface area contributed by atoms with Gasteiger partial charge in [-0.3, -0.25) is 0 Å². The molecule has 0 aromatic heterocycles. The summed E-state index contributed by atoms with van der Waals surface area (Å²) in [5.74, 6) is -0.838. The van der Waals surface area contributed by atoms with Crippen molar-refractivity contribution in [3.05, 3.63) is 12.2 Å².